The summed E-state index contributed by atoms with van der Waals surface area (Å²) in [6.07, 6.45) is 3.13. The number of nitrogens with zero attached hydrogens (tertiary/aromatic N) is 1. The molecular formula is C13H14N2O5S. The second-order valence-electron chi connectivity index (χ2n) is 4.32. The molecule has 0 atom stereocenters. The Hall–Kier alpha value is -2.48. The average molecular weight is 310 g/mol. The van der Waals surface area contributed by atoms with Crippen LogP contribution < -0.4 is 9.46 Å². The molecule has 21 heavy (non-hydrogen) atoms. The Bertz CT molecular complexity index is 734. The number of rotatable bonds is 6. The summed E-state index contributed by atoms with van der Waals surface area (Å²) in [6, 6.07) is 7.47. The highest BCUT2D eigenvalue weighted by molar-refractivity contribution is 7.92. The Kier molecular flexibility index (Phi) is 4.18. The van der Waals surface area contributed by atoms with Crippen molar-refractivity contribution < 1.29 is 23.1 Å². The SMILES string of the molecule is Cn1ccc(S(=O)(=O)Nc2ccc(OCC(=O)O)cc2)c1. The number of anilines is 1. The first kappa shape index (κ1) is 14.9. The van der Waals surface area contributed by atoms with Gasteiger partial charge in [0.15, 0.2) is 6.61 Å². The normalized spacial score (nSPS) is 11.1. The van der Waals surface area contributed by atoms with Gasteiger partial charge in [0.05, 0.1) is 0 Å². The number of hydrogen-bond acceptors (Lipinski definition) is 4. The lowest BCUT2D eigenvalue weighted by molar-refractivity contribution is -0.139. The Morgan fingerprint density at radius 1 is 1.29 bits per heavy atom. The number of nitrogens with one attached hydrogen (secondary N) is 1. The Balaban J connectivity index is 2.08. The van der Waals surface area contributed by atoms with Crippen molar-refractivity contribution in [2.24, 2.45) is 7.05 Å². The van der Waals surface area contributed by atoms with Crippen molar-refractivity contribution in [1.82, 2.24) is 4.57 Å². The Labute approximate surface area is 121 Å². The summed E-state index contributed by atoms with van der Waals surface area (Å²) in [7, 11) is -1.91. The predicted octanol–water partition coefficient (Wildman–Crippen LogP) is 1.29. The third kappa shape index (κ3) is 3.99. The van der Waals surface area contributed by atoms with Gasteiger partial charge in [-0.2, -0.15) is 0 Å². The number of aliphatic carboxylic acids is 1. The van der Waals surface area contributed by atoms with Crippen LogP contribution in [-0.2, 0) is 21.9 Å². The second kappa shape index (κ2) is 5.88. The fourth-order valence-electron chi connectivity index (χ4n) is 1.62. The first-order valence-corrected chi connectivity index (χ1v) is 7.44. The number of sulfonamides is 1. The molecule has 0 spiro atoms. The minimum absolute atomic E-state index is 0.163. The van der Waals surface area contributed by atoms with Crippen LogP contribution in [0.2, 0.25) is 0 Å². The summed E-state index contributed by atoms with van der Waals surface area (Å²) in [5.74, 6) is -0.732. The smallest absolute Gasteiger partial charge is 0.341 e. The van der Waals surface area contributed by atoms with Crippen molar-refractivity contribution in [3.8, 4) is 5.75 Å². The van der Waals surface area contributed by atoms with Gasteiger partial charge in [0.2, 0.25) is 0 Å². The molecule has 0 radical (unpaired) electrons. The summed E-state index contributed by atoms with van der Waals surface area (Å²) in [6.45, 7) is -0.449. The molecule has 7 nitrogen and oxygen atoms in total. The van der Waals surface area contributed by atoms with Gasteiger partial charge in [-0.3, -0.25) is 4.72 Å². The van der Waals surface area contributed by atoms with Crippen LogP contribution in [0.5, 0.6) is 5.75 Å². The maximum atomic E-state index is 12.1. The van der Waals surface area contributed by atoms with Crippen LogP contribution in [0.25, 0.3) is 0 Å². The van der Waals surface area contributed by atoms with Crippen LogP contribution in [0.3, 0.4) is 0 Å². The van der Waals surface area contributed by atoms with Gasteiger partial charge in [0, 0.05) is 25.1 Å². The molecule has 0 saturated heterocycles. The van der Waals surface area contributed by atoms with Gasteiger partial charge in [-0.25, -0.2) is 13.2 Å². The van der Waals surface area contributed by atoms with E-state index >= 15 is 0 Å². The van der Waals surface area contributed by atoms with Crippen LogP contribution in [0.1, 0.15) is 0 Å². The van der Waals surface area contributed by atoms with Crippen molar-refractivity contribution in [1.29, 1.82) is 0 Å². The highest BCUT2D eigenvalue weighted by Gasteiger charge is 2.15. The van der Waals surface area contributed by atoms with E-state index in [9.17, 15) is 13.2 Å². The van der Waals surface area contributed by atoms with Crippen LogP contribution >= 0.6 is 0 Å². The second-order valence-corrected chi connectivity index (χ2v) is 6.01. The van der Waals surface area contributed by atoms with Crippen LogP contribution in [-0.4, -0.2) is 30.7 Å². The number of hydrogen-bond donors (Lipinski definition) is 2. The fourth-order valence-corrected chi connectivity index (χ4v) is 2.72. The maximum absolute atomic E-state index is 12.1. The number of benzene rings is 1. The van der Waals surface area contributed by atoms with E-state index in [1.165, 1.54) is 36.5 Å². The average Bonchev–Trinajstić information content (AvgIpc) is 2.85. The minimum Gasteiger partial charge on any atom is -0.482 e. The standard InChI is InChI=1S/C13H14N2O5S/c1-15-7-6-12(8-15)21(18,19)14-10-2-4-11(5-3-10)20-9-13(16)17/h2-8,14H,9H2,1H3,(H,16,17). The van der Waals surface area contributed by atoms with Crippen molar-refractivity contribution in [2.45, 2.75) is 4.90 Å². The molecule has 0 bridgehead atoms. The van der Waals surface area contributed by atoms with Gasteiger partial charge >= 0.3 is 5.97 Å². The number of carbonyl (C=O) groups is 1. The van der Waals surface area contributed by atoms with Gasteiger partial charge in [-0.05, 0) is 30.3 Å². The molecule has 0 unspecified atom stereocenters. The zero-order valence-corrected chi connectivity index (χ0v) is 12.0. The summed E-state index contributed by atoms with van der Waals surface area (Å²) in [5.41, 5.74) is 0.363. The zero-order chi connectivity index (χ0) is 15.5. The first-order chi connectivity index (χ1) is 9.87. The number of carboxylic acids is 1. The molecule has 8 heteroatoms. The van der Waals surface area contributed by atoms with E-state index in [0.29, 0.717) is 11.4 Å². The van der Waals surface area contributed by atoms with E-state index in [-0.39, 0.29) is 4.90 Å². The lowest BCUT2D eigenvalue weighted by Gasteiger charge is -2.08. The van der Waals surface area contributed by atoms with E-state index < -0.39 is 22.6 Å². The molecule has 0 amide bonds. The molecular weight excluding hydrogens is 296 g/mol. The quantitative estimate of drug-likeness (QED) is 0.838. The Morgan fingerprint density at radius 2 is 1.95 bits per heavy atom. The van der Waals surface area contributed by atoms with E-state index in [4.69, 9.17) is 9.84 Å². The van der Waals surface area contributed by atoms with Gasteiger partial charge in [0.25, 0.3) is 10.0 Å². The van der Waals surface area contributed by atoms with Gasteiger partial charge in [0.1, 0.15) is 10.6 Å². The highest BCUT2D eigenvalue weighted by Crippen LogP contribution is 2.19. The fraction of sp³-hybridized carbons (Fsp3) is 0.154. The minimum atomic E-state index is -3.64. The molecule has 0 saturated carbocycles. The van der Waals surface area contributed by atoms with Crippen LogP contribution in [0.15, 0.2) is 47.6 Å². The van der Waals surface area contributed by atoms with Crippen LogP contribution in [0, 0.1) is 0 Å². The van der Waals surface area contributed by atoms with Crippen molar-refractivity contribution in [3.63, 3.8) is 0 Å². The van der Waals surface area contributed by atoms with E-state index in [0.717, 1.165) is 0 Å². The van der Waals surface area contributed by atoms with Crippen molar-refractivity contribution in [2.75, 3.05) is 11.3 Å². The topological polar surface area (TPSA) is 97.6 Å². The molecule has 2 rings (SSSR count). The Morgan fingerprint density at radius 3 is 2.48 bits per heavy atom. The summed E-state index contributed by atoms with van der Waals surface area (Å²) in [4.78, 5) is 10.5. The number of aryl methyl sites for hydroxylation is 1. The number of ether oxygens (including phenoxy) is 1. The molecule has 1 heterocycles. The monoisotopic (exact) mass is 310 g/mol. The molecule has 2 aromatic rings. The molecule has 0 fully saturated rings. The third-order valence-corrected chi connectivity index (χ3v) is 3.95. The van der Waals surface area contributed by atoms with E-state index in [1.807, 2.05) is 0 Å². The summed E-state index contributed by atoms with van der Waals surface area (Å²) < 4.78 is 33.2. The molecule has 1 aromatic carbocycles. The highest BCUT2D eigenvalue weighted by atomic mass is 32.2. The molecule has 1 aromatic heterocycles. The third-order valence-electron chi connectivity index (χ3n) is 2.58. The largest absolute Gasteiger partial charge is 0.482 e. The summed E-state index contributed by atoms with van der Waals surface area (Å²) in [5, 5.41) is 8.49. The molecule has 112 valence electrons. The predicted molar refractivity (Wildman–Crippen MR) is 75.8 cm³/mol. The lowest BCUT2D eigenvalue weighted by Crippen LogP contribution is -2.12. The maximum Gasteiger partial charge on any atom is 0.341 e. The number of carboxylic acid groups (broad SMARTS) is 1. The van der Waals surface area contributed by atoms with Crippen molar-refractivity contribution >= 4 is 21.7 Å². The van der Waals surface area contributed by atoms with Crippen LogP contribution in [0.4, 0.5) is 5.69 Å². The zero-order valence-electron chi connectivity index (χ0n) is 11.2. The number of aromatic nitrogens is 1. The van der Waals surface area contributed by atoms with Crippen molar-refractivity contribution in [3.05, 3.63) is 42.7 Å². The van der Waals surface area contributed by atoms with Gasteiger partial charge in [-0.1, -0.05) is 0 Å². The van der Waals surface area contributed by atoms with Gasteiger partial charge < -0.3 is 14.4 Å². The lowest BCUT2D eigenvalue weighted by atomic mass is 10.3. The molecule has 0 aliphatic heterocycles. The summed E-state index contributed by atoms with van der Waals surface area (Å²) >= 11 is 0. The molecule has 0 aliphatic rings. The van der Waals surface area contributed by atoms with E-state index in [1.54, 1.807) is 17.8 Å². The first-order valence-electron chi connectivity index (χ1n) is 5.96. The van der Waals surface area contributed by atoms with E-state index in [2.05, 4.69) is 4.72 Å². The molecule has 0 aliphatic carbocycles. The van der Waals surface area contributed by atoms with Gasteiger partial charge in [-0.15, -0.1) is 0 Å². The molecule has 2 N–H and O–H groups in total.